The molecule has 2 aliphatic rings. The number of carbonyl (C=O) groups is 4. The van der Waals surface area contributed by atoms with Gasteiger partial charge in [-0.3, -0.25) is 28.9 Å². The minimum Gasteiger partial charge on any atom is -0.383 e. The smallest absolute Gasteiger partial charge is 0.262 e. The van der Waals surface area contributed by atoms with E-state index in [1.54, 1.807) is 24.4 Å². The summed E-state index contributed by atoms with van der Waals surface area (Å²) >= 11 is 0. The summed E-state index contributed by atoms with van der Waals surface area (Å²) in [6.45, 7) is 2.99. The number of carbonyl (C=O) groups excluding carboxylic acids is 4. The highest BCUT2D eigenvalue weighted by atomic mass is 16.2. The van der Waals surface area contributed by atoms with Gasteiger partial charge in [0.2, 0.25) is 5.91 Å². The van der Waals surface area contributed by atoms with Gasteiger partial charge in [0.05, 0.1) is 46.3 Å². The lowest BCUT2D eigenvalue weighted by Crippen LogP contribution is -2.47. The van der Waals surface area contributed by atoms with E-state index in [9.17, 15) is 19.2 Å². The molecule has 0 bridgehead atoms. The van der Waals surface area contributed by atoms with E-state index in [2.05, 4.69) is 48.6 Å². The number of amides is 3. The van der Waals surface area contributed by atoms with Crippen LogP contribution in [0.4, 0.5) is 17.1 Å². The molecule has 1 atom stereocenters. The van der Waals surface area contributed by atoms with Gasteiger partial charge in [-0.2, -0.15) is 5.10 Å². The van der Waals surface area contributed by atoms with Gasteiger partial charge < -0.3 is 26.1 Å². The van der Waals surface area contributed by atoms with Gasteiger partial charge in [0.15, 0.2) is 0 Å². The number of anilines is 3. The van der Waals surface area contributed by atoms with E-state index in [1.165, 1.54) is 0 Å². The van der Waals surface area contributed by atoms with Crippen molar-refractivity contribution in [2.24, 2.45) is 5.73 Å². The number of para-hydroxylation sites is 2. The highest BCUT2D eigenvalue weighted by Crippen LogP contribution is 2.30. The van der Waals surface area contributed by atoms with Crippen molar-refractivity contribution < 1.29 is 19.2 Å². The van der Waals surface area contributed by atoms with Gasteiger partial charge in [-0.1, -0.05) is 18.2 Å². The summed E-state index contributed by atoms with van der Waals surface area (Å²) in [5.41, 5.74) is 12.2. The van der Waals surface area contributed by atoms with Crippen LogP contribution in [0.25, 0.3) is 22.3 Å². The van der Waals surface area contributed by atoms with Gasteiger partial charge in [-0.25, -0.2) is 4.98 Å². The second-order valence-corrected chi connectivity index (χ2v) is 12.5. The summed E-state index contributed by atoms with van der Waals surface area (Å²) in [6.07, 6.45) is 8.33. The molecule has 2 aromatic heterocycles. The maximum absolute atomic E-state index is 13.1. The number of aldehydes is 1. The quantitative estimate of drug-likeness (QED) is 0.0933. The summed E-state index contributed by atoms with van der Waals surface area (Å²) in [4.78, 5) is 61.4. The number of primary amides is 1. The maximum atomic E-state index is 13.1. The van der Waals surface area contributed by atoms with Crippen LogP contribution in [-0.2, 0) is 9.59 Å². The van der Waals surface area contributed by atoms with Gasteiger partial charge in [0.25, 0.3) is 11.8 Å². The Bertz CT molecular complexity index is 2070. The van der Waals surface area contributed by atoms with Gasteiger partial charge in [0, 0.05) is 61.4 Å². The van der Waals surface area contributed by atoms with Crippen LogP contribution in [0.1, 0.15) is 52.4 Å². The molecule has 0 aliphatic carbocycles. The van der Waals surface area contributed by atoms with Crippen molar-refractivity contribution in [3.05, 3.63) is 96.4 Å². The lowest BCUT2D eigenvalue weighted by atomic mass is 10.0. The number of nitrogens with two attached hydrogens (primary N) is 1. The lowest BCUT2D eigenvalue weighted by molar-refractivity contribution is -0.122. The Morgan fingerprint density at radius 1 is 0.900 bits per heavy atom. The number of rotatable bonds is 13. The van der Waals surface area contributed by atoms with Crippen molar-refractivity contribution in [3.8, 4) is 11.3 Å². The van der Waals surface area contributed by atoms with E-state index < -0.39 is 23.8 Å². The molecule has 13 heteroatoms. The molecule has 0 saturated carbocycles. The molecule has 1 fully saturated rings. The molecule has 0 spiro atoms. The highest BCUT2D eigenvalue weighted by Gasteiger charge is 2.42. The molecule has 3 aromatic carbocycles. The van der Waals surface area contributed by atoms with Crippen LogP contribution in [0.5, 0.6) is 0 Å². The average molecular weight is 672 g/mol. The number of aromatic nitrogens is 4. The molecule has 13 nitrogen and oxygen atoms in total. The summed E-state index contributed by atoms with van der Waals surface area (Å²) in [5.74, 6) is -2.00. The Kier molecular flexibility index (Phi) is 9.19. The number of nitrogens with zero attached hydrogens (tertiary/aromatic N) is 6. The molecule has 5 aromatic rings. The fraction of sp³-hybridized carbons (Fsp3) is 0.270. The fourth-order valence-electron chi connectivity index (χ4n) is 6.66. The predicted molar refractivity (Wildman–Crippen MR) is 190 cm³/mol. The molecule has 254 valence electrons. The van der Waals surface area contributed by atoms with E-state index in [4.69, 9.17) is 10.7 Å². The average Bonchev–Trinajstić information content (AvgIpc) is 3.73. The third-order valence-corrected chi connectivity index (χ3v) is 9.30. The largest absolute Gasteiger partial charge is 0.383 e. The Balaban J connectivity index is 0.903. The number of imide groups is 1. The third kappa shape index (κ3) is 6.62. The number of piperidine rings is 1. The predicted octanol–water partition coefficient (Wildman–Crippen LogP) is 4.29. The molecular weight excluding hydrogens is 634 g/mol. The first-order valence-electron chi connectivity index (χ1n) is 16.7. The van der Waals surface area contributed by atoms with Crippen LogP contribution < -0.4 is 21.3 Å². The molecule has 4 heterocycles. The van der Waals surface area contributed by atoms with Gasteiger partial charge in [-0.05, 0) is 67.8 Å². The van der Waals surface area contributed by atoms with Crippen LogP contribution in [0.3, 0.4) is 0 Å². The second kappa shape index (κ2) is 14.2. The summed E-state index contributed by atoms with van der Waals surface area (Å²) in [5, 5.41) is 11.4. The van der Waals surface area contributed by atoms with Crippen molar-refractivity contribution >= 4 is 52.1 Å². The van der Waals surface area contributed by atoms with E-state index in [1.807, 2.05) is 42.6 Å². The van der Waals surface area contributed by atoms with E-state index in [-0.39, 0.29) is 24.0 Å². The Morgan fingerprint density at radius 2 is 1.64 bits per heavy atom. The molecule has 7 rings (SSSR count). The SMILES string of the molecule is NC(=O)C(CCC=O)N1C(=O)c2ccc(NCCNc3cccc(N4CCC(n5cc(-c6cnc7ccccc7n6)cn5)CC4)c3)cc2C1=O. The highest BCUT2D eigenvalue weighted by molar-refractivity contribution is 6.23. The lowest BCUT2D eigenvalue weighted by Gasteiger charge is -2.34. The third-order valence-electron chi connectivity index (χ3n) is 9.30. The topological polar surface area (TPSA) is 168 Å². The molecular formula is C37H37N9O4. The number of benzene rings is 3. The summed E-state index contributed by atoms with van der Waals surface area (Å²) < 4.78 is 2.06. The Hall–Kier alpha value is -6.11. The van der Waals surface area contributed by atoms with Crippen molar-refractivity contribution in [1.29, 1.82) is 0 Å². The van der Waals surface area contributed by atoms with Crippen LogP contribution >= 0.6 is 0 Å². The maximum Gasteiger partial charge on any atom is 0.262 e. The van der Waals surface area contributed by atoms with Crippen LogP contribution in [-0.4, -0.2) is 80.9 Å². The van der Waals surface area contributed by atoms with Crippen molar-refractivity contribution in [1.82, 2.24) is 24.6 Å². The molecule has 3 amide bonds. The van der Waals surface area contributed by atoms with E-state index in [0.29, 0.717) is 31.1 Å². The second-order valence-electron chi connectivity index (χ2n) is 12.5. The van der Waals surface area contributed by atoms with Gasteiger partial charge >= 0.3 is 0 Å². The molecule has 1 unspecified atom stereocenters. The van der Waals surface area contributed by atoms with Crippen molar-refractivity contribution in [3.63, 3.8) is 0 Å². The molecule has 2 aliphatic heterocycles. The Labute approximate surface area is 288 Å². The van der Waals surface area contributed by atoms with Gasteiger partial charge in [-0.15, -0.1) is 0 Å². The minimum atomic E-state index is -1.17. The standard InChI is InChI=1S/C37H37N9O4/c38-35(48)34(9-4-18-47)46-36(49)29-11-10-26(20-30(29)37(46)50)40-15-14-39-25-5-3-6-28(19-25)44-16-12-27(13-17-44)45-23-24(21-42-45)33-22-41-31-7-1-2-8-32(31)43-33/h1-3,5-8,10-11,18-23,27,34,39-40H,4,9,12-17H2,(H2,38,48). The van der Waals surface area contributed by atoms with Crippen LogP contribution in [0.2, 0.25) is 0 Å². The number of hydrogen-bond donors (Lipinski definition) is 3. The van der Waals surface area contributed by atoms with Crippen LogP contribution in [0, 0.1) is 0 Å². The first-order chi connectivity index (χ1) is 24.4. The number of fused-ring (bicyclic) bond motifs is 2. The number of nitrogens with one attached hydrogen (secondary N) is 2. The Morgan fingerprint density at radius 3 is 2.40 bits per heavy atom. The van der Waals surface area contributed by atoms with Crippen molar-refractivity contribution in [2.45, 2.75) is 37.8 Å². The van der Waals surface area contributed by atoms with Crippen molar-refractivity contribution in [2.75, 3.05) is 41.7 Å². The summed E-state index contributed by atoms with van der Waals surface area (Å²) in [7, 11) is 0. The summed E-state index contributed by atoms with van der Waals surface area (Å²) in [6, 6.07) is 20.3. The van der Waals surface area contributed by atoms with E-state index >= 15 is 0 Å². The minimum absolute atomic E-state index is 0.00371. The molecule has 1 saturated heterocycles. The number of hydrogen-bond acceptors (Lipinski definition) is 10. The van der Waals surface area contributed by atoms with Gasteiger partial charge in [0.1, 0.15) is 12.3 Å². The van der Waals surface area contributed by atoms with E-state index in [0.717, 1.165) is 64.5 Å². The first-order valence-corrected chi connectivity index (χ1v) is 16.7. The molecule has 0 radical (unpaired) electrons. The zero-order valence-electron chi connectivity index (χ0n) is 27.4. The monoisotopic (exact) mass is 671 g/mol. The zero-order chi connectivity index (χ0) is 34.6. The fourth-order valence-corrected chi connectivity index (χ4v) is 6.66. The zero-order valence-corrected chi connectivity index (χ0v) is 27.4. The normalized spacial score (nSPS) is 15.3. The van der Waals surface area contributed by atoms with Crippen LogP contribution in [0.15, 0.2) is 85.3 Å². The molecule has 50 heavy (non-hydrogen) atoms. The first kappa shape index (κ1) is 32.4. The molecule has 4 N–H and O–H groups in total.